The summed E-state index contributed by atoms with van der Waals surface area (Å²) in [4.78, 5) is 23.0. The number of rotatable bonds is 9. The first-order valence-corrected chi connectivity index (χ1v) is 7.75. The smallest absolute Gasteiger partial charge is 0.220 e. The molecule has 1 rings (SSSR count). The van der Waals surface area contributed by atoms with E-state index in [1.54, 1.807) is 25.1 Å². The zero-order valence-corrected chi connectivity index (χ0v) is 14.5. The Bertz CT molecular complexity index is 576. The summed E-state index contributed by atoms with van der Waals surface area (Å²) in [5, 5.41) is 13.2. The van der Waals surface area contributed by atoms with Crippen molar-refractivity contribution in [3.63, 3.8) is 0 Å². The van der Waals surface area contributed by atoms with Gasteiger partial charge in [0, 0.05) is 12.0 Å². The van der Waals surface area contributed by atoms with Gasteiger partial charge in [0.05, 0.1) is 26.3 Å². The molecule has 1 aromatic carbocycles. The number of methoxy groups -OCH3 is 2. The van der Waals surface area contributed by atoms with E-state index in [0.29, 0.717) is 17.1 Å². The van der Waals surface area contributed by atoms with Crippen molar-refractivity contribution in [1.82, 2.24) is 5.32 Å². The van der Waals surface area contributed by atoms with Gasteiger partial charge in [0.1, 0.15) is 23.4 Å². The molecule has 0 aliphatic rings. The third-order valence-corrected chi connectivity index (χ3v) is 3.82. The standard InChI is InChI=1S/C17H26N2O5/c1-10(19-16(21)8-6-14(18)11(2)20)17(22)13-9-12(23-3)5-7-15(13)24-4/h5,7,9-10,14,17,22H,6,8,18H2,1-4H3,(H,19,21)/t10-,14-,17-/m0/s1. The minimum absolute atomic E-state index is 0.118. The Hall–Kier alpha value is -2.12. The molecule has 3 atom stereocenters. The maximum Gasteiger partial charge on any atom is 0.220 e. The Labute approximate surface area is 142 Å². The third-order valence-electron chi connectivity index (χ3n) is 3.82. The van der Waals surface area contributed by atoms with Crippen LogP contribution < -0.4 is 20.5 Å². The van der Waals surface area contributed by atoms with Crippen LogP contribution in [0.1, 0.15) is 38.4 Å². The summed E-state index contributed by atoms with van der Waals surface area (Å²) >= 11 is 0. The van der Waals surface area contributed by atoms with Gasteiger partial charge in [-0.15, -0.1) is 0 Å². The number of carbonyl (C=O) groups is 2. The molecule has 7 nitrogen and oxygen atoms in total. The number of hydrogen-bond acceptors (Lipinski definition) is 6. The lowest BCUT2D eigenvalue weighted by Crippen LogP contribution is -2.38. The first kappa shape index (κ1) is 19.9. The Morgan fingerprint density at radius 3 is 2.50 bits per heavy atom. The SMILES string of the molecule is COc1ccc(OC)c([C@@H](O)[C@H](C)NC(=O)CC[C@H](N)C(C)=O)c1. The first-order valence-electron chi connectivity index (χ1n) is 7.75. The van der Waals surface area contributed by atoms with Gasteiger partial charge in [-0.25, -0.2) is 0 Å². The predicted molar refractivity (Wildman–Crippen MR) is 90.0 cm³/mol. The van der Waals surface area contributed by atoms with E-state index in [0.717, 1.165) is 0 Å². The van der Waals surface area contributed by atoms with Crippen LogP contribution in [0.3, 0.4) is 0 Å². The van der Waals surface area contributed by atoms with Crippen molar-refractivity contribution < 1.29 is 24.2 Å². The number of aliphatic hydroxyl groups excluding tert-OH is 1. The molecule has 7 heteroatoms. The van der Waals surface area contributed by atoms with Crippen molar-refractivity contribution in [3.05, 3.63) is 23.8 Å². The van der Waals surface area contributed by atoms with Gasteiger partial charge in [0.15, 0.2) is 0 Å². The van der Waals surface area contributed by atoms with Crippen LogP contribution in [-0.4, -0.2) is 43.1 Å². The molecule has 1 aromatic rings. The molecule has 0 aliphatic carbocycles. The Morgan fingerprint density at radius 2 is 1.96 bits per heavy atom. The number of nitrogens with one attached hydrogen (secondary N) is 1. The average Bonchev–Trinajstić information content (AvgIpc) is 2.57. The quantitative estimate of drug-likeness (QED) is 0.618. The fourth-order valence-electron chi connectivity index (χ4n) is 2.23. The number of aliphatic hydroxyl groups is 1. The molecule has 0 saturated carbocycles. The lowest BCUT2D eigenvalue weighted by Gasteiger charge is -2.23. The van der Waals surface area contributed by atoms with Crippen LogP contribution >= 0.6 is 0 Å². The molecule has 0 saturated heterocycles. The summed E-state index contributed by atoms with van der Waals surface area (Å²) in [5.74, 6) is 0.649. The summed E-state index contributed by atoms with van der Waals surface area (Å²) in [7, 11) is 3.03. The molecule has 0 aliphatic heterocycles. The number of hydrogen-bond donors (Lipinski definition) is 3. The lowest BCUT2D eigenvalue weighted by molar-refractivity contribution is -0.123. The number of benzene rings is 1. The van der Waals surface area contributed by atoms with E-state index < -0.39 is 18.2 Å². The number of amides is 1. The molecule has 4 N–H and O–H groups in total. The topological polar surface area (TPSA) is 111 Å². The highest BCUT2D eigenvalue weighted by molar-refractivity contribution is 5.82. The van der Waals surface area contributed by atoms with Crippen LogP contribution in [0.4, 0.5) is 0 Å². The van der Waals surface area contributed by atoms with E-state index >= 15 is 0 Å². The van der Waals surface area contributed by atoms with Gasteiger partial charge in [0.2, 0.25) is 5.91 Å². The molecule has 0 fully saturated rings. The number of ether oxygens (including phenoxy) is 2. The van der Waals surface area contributed by atoms with Crippen LogP contribution in [0.25, 0.3) is 0 Å². The van der Waals surface area contributed by atoms with Crippen molar-refractivity contribution in [2.75, 3.05) is 14.2 Å². The highest BCUT2D eigenvalue weighted by Crippen LogP contribution is 2.31. The predicted octanol–water partition coefficient (Wildman–Crippen LogP) is 0.938. The molecular formula is C17H26N2O5. The summed E-state index contributed by atoms with van der Waals surface area (Å²) in [6.45, 7) is 3.08. The minimum atomic E-state index is -0.972. The summed E-state index contributed by atoms with van der Waals surface area (Å²) in [5.41, 5.74) is 6.13. The molecular weight excluding hydrogens is 312 g/mol. The van der Waals surface area contributed by atoms with Gasteiger partial charge in [-0.2, -0.15) is 0 Å². The maximum atomic E-state index is 11.9. The average molecular weight is 338 g/mol. The zero-order valence-electron chi connectivity index (χ0n) is 14.5. The Morgan fingerprint density at radius 1 is 1.29 bits per heavy atom. The van der Waals surface area contributed by atoms with Gasteiger partial charge in [-0.1, -0.05) is 0 Å². The van der Waals surface area contributed by atoms with Crippen LogP contribution in [0.15, 0.2) is 18.2 Å². The molecule has 0 bridgehead atoms. The number of ketones is 1. The van der Waals surface area contributed by atoms with Gasteiger partial charge in [-0.05, 0) is 38.5 Å². The van der Waals surface area contributed by atoms with Crippen molar-refractivity contribution >= 4 is 11.7 Å². The van der Waals surface area contributed by atoms with E-state index in [9.17, 15) is 14.7 Å². The summed E-state index contributed by atoms with van der Waals surface area (Å²) < 4.78 is 10.4. The van der Waals surface area contributed by atoms with Gasteiger partial charge in [0.25, 0.3) is 0 Å². The maximum absolute atomic E-state index is 11.9. The Balaban J connectivity index is 2.72. The fraction of sp³-hybridized carbons (Fsp3) is 0.529. The van der Waals surface area contributed by atoms with E-state index in [1.807, 2.05) is 0 Å². The lowest BCUT2D eigenvalue weighted by atomic mass is 10.0. The summed E-state index contributed by atoms with van der Waals surface area (Å²) in [6, 6.07) is 3.89. The summed E-state index contributed by atoms with van der Waals surface area (Å²) in [6.07, 6.45) is -0.583. The van der Waals surface area contributed by atoms with Gasteiger partial charge < -0.3 is 25.6 Å². The third kappa shape index (κ3) is 5.50. The normalized spacial score (nSPS) is 14.4. The Kier molecular flexibility index (Phi) is 7.67. The van der Waals surface area contributed by atoms with Crippen LogP contribution in [0.5, 0.6) is 11.5 Å². The minimum Gasteiger partial charge on any atom is -0.497 e. The first-order chi connectivity index (χ1) is 11.3. The van der Waals surface area contributed by atoms with E-state index in [1.165, 1.54) is 21.1 Å². The van der Waals surface area contributed by atoms with Crippen LogP contribution in [0.2, 0.25) is 0 Å². The van der Waals surface area contributed by atoms with E-state index in [4.69, 9.17) is 15.2 Å². The van der Waals surface area contributed by atoms with Crippen molar-refractivity contribution in [3.8, 4) is 11.5 Å². The number of nitrogens with two attached hydrogens (primary N) is 1. The molecule has 24 heavy (non-hydrogen) atoms. The molecule has 0 heterocycles. The van der Waals surface area contributed by atoms with Crippen molar-refractivity contribution in [1.29, 1.82) is 0 Å². The highest BCUT2D eigenvalue weighted by Gasteiger charge is 2.23. The highest BCUT2D eigenvalue weighted by atomic mass is 16.5. The van der Waals surface area contributed by atoms with Gasteiger partial charge >= 0.3 is 0 Å². The van der Waals surface area contributed by atoms with Crippen molar-refractivity contribution in [2.45, 2.75) is 44.9 Å². The molecule has 0 radical (unpaired) electrons. The number of carbonyl (C=O) groups excluding carboxylic acids is 2. The largest absolute Gasteiger partial charge is 0.497 e. The molecule has 0 unspecified atom stereocenters. The fourth-order valence-corrected chi connectivity index (χ4v) is 2.23. The molecule has 0 aromatic heterocycles. The van der Waals surface area contributed by atoms with Crippen LogP contribution in [-0.2, 0) is 9.59 Å². The van der Waals surface area contributed by atoms with Crippen LogP contribution in [0, 0.1) is 0 Å². The van der Waals surface area contributed by atoms with E-state index in [-0.39, 0.29) is 24.5 Å². The second-order valence-corrected chi connectivity index (χ2v) is 5.66. The second kappa shape index (κ2) is 9.24. The monoisotopic (exact) mass is 338 g/mol. The molecule has 1 amide bonds. The second-order valence-electron chi connectivity index (χ2n) is 5.66. The molecule has 134 valence electrons. The zero-order chi connectivity index (χ0) is 18.3. The van der Waals surface area contributed by atoms with Gasteiger partial charge in [-0.3, -0.25) is 9.59 Å². The number of Topliss-reactive ketones (excluding diaryl/α,β-unsaturated/α-hetero) is 1. The molecule has 0 spiro atoms. The van der Waals surface area contributed by atoms with E-state index in [2.05, 4.69) is 5.32 Å². The van der Waals surface area contributed by atoms with Crippen molar-refractivity contribution in [2.24, 2.45) is 5.73 Å².